The van der Waals surface area contributed by atoms with E-state index in [1.54, 1.807) is 20.8 Å². The van der Waals surface area contributed by atoms with Crippen molar-refractivity contribution in [1.82, 2.24) is 9.78 Å². The lowest BCUT2D eigenvalue weighted by Gasteiger charge is -2.19. The largest absolute Gasteiger partial charge is 0.460 e. The summed E-state index contributed by atoms with van der Waals surface area (Å²) < 4.78 is 6.45. The summed E-state index contributed by atoms with van der Waals surface area (Å²) in [6, 6.07) is 1.29. The monoisotopic (exact) mass is 241 g/mol. The summed E-state index contributed by atoms with van der Waals surface area (Å²) >= 11 is 0. The normalized spacial score (nSPS) is 11.2. The molecular weight excluding hydrogens is 226 g/mol. The highest BCUT2D eigenvalue weighted by atomic mass is 16.6. The Hall–Kier alpha value is -1.92. The zero-order valence-corrected chi connectivity index (χ0v) is 10.0. The van der Waals surface area contributed by atoms with E-state index in [1.807, 2.05) is 0 Å². The summed E-state index contributed by atoms with van der Waals surface area (Å²) in [4.78, 5) is 21.2. The molecule has 0 saturated heterocycles. The Morgan fingerprint density at radius 1 is 1.59 bits per heavy atom. The highest BCUT2D eigenvalue weighted by Crippen LogP contribution is 2.09. The highest BCUT2D eigenvalue weighted by Gasteiger charge is 2.17. The zero-order chi connectivity index (χ0) is 13.1. The predicted octanol–water partition coefficient (Wildman–Crippen LogP) is 1.52. The number of aryl methyl sites for hydroxylation is 1. The Labute approximate surface area is 98.5 Å². The molecule has 0 atom stereocenters. The third-order valence-corrected chi connectivity index (χ3v) is 1.78. The van der Waals surface area contributed by atoms with E-state index in [2.05, 4.69) is 5.10 Å². The van der Waals surface area contributed by atoms with Gasteiger partial charge in [0.25, 0.3) is 0 Å². The fraction of sp³-hybridized carbons (Fsp3) is 0.600. The molecule has 0 amide bonds. The zero-order valence-electron chi connectivity index (χ0n) is 10.0. The minimum Gasteiger partial charge on any atom is -0.460 e. The van der Waals surface area contributed by atoms with Gasteiger partial charge in [-0.25, -0.2) is 0 Å². The fourth-order valence-electron chi connectivity index (χ4n) is 1.17. The van der Waals surface area contributed by atoms with Crippen LogP contribution in [0.25, 0.3) is 0 Å². The van der Waals surface area contributed by atoms with Crippen molar-refractivity contribution in [3.8, 4) is 0 Å². The van der Waals surface area contributed by atoms with Crippen LogP contribution < -0.4 is 0 Å². The third-order valence-electron chi connectivity index (χ3n) is 1.78. The molecule has 0 saturated carbocycles. The summed E-state index contributed by atoms with van der Waals surface area (Å²) in [6.07, 6.45) is 1.60. The van der Waals surface area contributed by atoms with Crippen LogP contribution in [0.4, 0.5) is 5.82 Å². The molecule has 0 spiro atoms. The molecule has 0 bridgehead atoms. The van der Waals surface area contributed by atoms with Crippen LogP contribution in [0.3, 0.4) is 0 Å². The number of nitro groups is 1. The summed E-state index contributed by atoms with van der Waals surface area (Å²) in [5.41, 5.74) is -0.521. The van der Waals surface area contributed by atoms with Crippen molar-refractivity contribution in [1.29, 1.82) is 0 Å². The second-order valence-corrected chi connectivity index (χ2v) is 4.53. The standard InChI is InChI=1S/C10H15N3O4/c1-10(2,3)17-9(14)5-7-12-6-4-8(11-12)13(15)16/h4,6H,5,7H2,1-3H3. The first-order chi connectivity index (χ1) is 7.78. The maximum absolute atomic E-state index is 11.4. The van der Waals surface area contributed by atoms with Crippen molar-refractivity contribution >= 4 is 11.8 Å². The molecule has 94 valence electrons. The van der Waals surface area contributed by atoms with Gasteiger partial charge in [-0.1, -0.05) is 0 Å². The van der Waals surface area contributed by atoms with E-state index in [4.69, 9.17) is 4.74 Å². The summed E-state index contributed by atoms with van der Waals surface area (Å²) in [7, 11) is 0. The first kappa shape index (κ1) is 13.1. The number of hydrogen-bond acceptors (Lipinski definition) is 5. The number of hydrogen-bond donors (Lipinski definition) is 0. The Balaban J connectivity index is 2.45. The molecular formula is C10H15N3O4. The van der Waals surface area contributed by atoms with E-state index >= 15 is 0 Å². The van der Waals surface area contributed by atoms with Crippen LogP contribution in [-0.4, -0.2) is 26.3 Å². The number of aromatic nitrogens is 2. The highest BCUT2D eigenvalue weighted by molar-refractivity contribution is 5.69. The van der Waals surface area contributed by atoms with Crippen LogP contribution in [0.2, 0.25) is 0 Å². The molecule has 0 aliphatic heterocycles. The summed E-state index contributed by atoms with van der Waals surface area (Å²) in [5.74, 6) is -0.579. The Morgan fingerprint density at radius 2 is 2.24 bits per heavy atom. The molecule has 0 unspecified atom stereocenters. The molecule has 17 heavy (non-hydrogen) atoms. The van der Waals surface area contributed by atoms with Crippen LogP contribution in [0.5, 0.6) is 0 Å². The molecule has 7 nitrogen and oxygen atoms in total. The first-order valence-corrected chi connectivity index (χ1v) is 5.17. The third kappa shape index (κ3) is 4.62. The van der Waals surface area contributed by atoms with E-state index in [0.717, 1.165) is 0 Å². The van der Waals surface area contributed by atoms with E-state index in [0.29, 0.717) is 0 Å². The van der Waals surface area contributed by atoms with Crippen LogP contribution >= 0.6 is 0 Å². The molecule has 7 heteroatoms. The number of carbonyl (C=O) groups excluding carboxylic acids is 1. The lowest BCUT2D eigenvalue weighted by atomic mass is 10.2. The van der Waals surface area contributed by atoms with Crippen LogP contribution in [-0.2, 0) is 16.1 Å². The van der Waals surface area contributed by atoms with Crippen LogP contribution in [0.1, 0.15) is 27.2 Å². The maximum Gasteiger partial charge on any atom is 0.389 e. The number of ether oxygens (including phenoxy) is 1. The smallest absolute Gasteiger partial charge is 0.389 e. The van der Waals surface area contributed by atoms with Crippen molar-refractivity contribution in [2.45, 2.75) is 39.3 Å². The topological polar surface area (TPSA) is 87.3 Å². The molecule has 0 aliphatic rings. The Bertz CT molecular complexity index is 419. The van der Waals surface area contributed by atoms with Crippen molar-refractivity contribution in [3.63, 3.8) is 0 Å². The first-order valence-electron chi connectivity index (χ1n) is 5.17. The SMILES string of the molecule is CC(C)(C)OC(=O)CCn1ccc([N+](=O)[O-])n1. The van der Waals surface area contributed by atoms with Crippen molar-refractivity contribution in [3.05, 3.63) is 22.4 Å². The summed E-state index contributed by atoms with van der Waals surface area (Å²) in [5, 5.41) is 14.1. The van der Waals surface area contributed by atoms with Gasteiger partial charge in [0, 0.05) is 0 Å². The van der Waals surface area contributed by atoms with Gasteiger partial charge in [-0.15, -0.1) is 0 Å². The summed E-state index contributed by atoms with van der Waals surface area (Å²) in [6.45, 7) is 5.61. The average molecular weight is 241 g/mol. The number of esters is 1. The van der Waals surface area contributed by atoms with Crippen molar-refractivity contribution < 1.29 is 14.5 Å². The fourth-order valence-corrected chi connectivity index (χ4v) is 1.17. The lowest BCUT2D eigenvalue weighted by Crippen LogP contribution is -2.24. The predicted molar refractivity (Wildman–Crippen MR) is 59.3 cm³/mol. The van der Waals surface area contributed by atoms with E-state index in [9.17, 15) is 14.9 Å². The average Bonchev–Trinajstić information content (AvgIpc) is 2.60. The quantitative estimate of drug-likeness (QED) is 0.453. The molecule has 0 aliphatic carbocycles. The van der Waals surface area contributed by atoms with E-state index in [-0.39, 0.29) is 24.8 Å². The minimum atomic E-state index is -0.579. The molecule has 0 fully saturated rings. The van der Waals surface area contributed by atoms with Gasteiger partial charge in [-0.3, -0.25) is 4.79 Å². The van der Waals surface area contributed by atoms with Gasteiger partial charge < -0.3 is 14.9 Å². The van der Waals surface area contributed by atoms with Gasteiger partial charge in [-0.05, 0) is 25.7 Å². The molecule has 0 radical (unpaired) electrons. The number of rotatable bonds is 4. The van der Waals surface area contributed by atoms with Gasteiger partial charge in [0.05, 0.1) is 30.3 Å². The van der Waals surface area contributed by atoms with E-state index in [1.165, 1.54) is 16.9 Å². The maximum atomic E-state index is 11.4. The van der Waals surface area contributed by atoms with Crippen LogP contribution in [0.15, 0.2) is 12.3 Å². The molecule has 1 rings (SSSR count). The van der Waals surface area contributed by atoms with Crippen molar-refractivity contribution in [2.75, 3.05) is 0 Å². The number of nitrogens with zero attached hydrogens (tertiary/aromatic N) is 3. The van der Waals surface area contributed by atoms with Crippen molar-refractivity contribution in [2.24, 2.45) is 0 Å². The molecule has 0 N–H and O–H groups in total. The van der Waals surface area contributed by atoms with Gasteiger partial charge >= 0.3 is 11.8 Å². The van der Waals surface area contributed by atoms with Gasteiger partial charge in [0.2, 0.25) is 0 Å². The van der Waals surface area contributed by atoms with E-state index < -0.39 is 10.5 Å². The van der Waals surface area contributed by atoms with Gasteiger partial charge in [0.15, 0.2) is 0 Å². The minimum absolute atomic E-state index is 0.135. The second kappa shape index (κ2) is 4.94. The molecule has 1 heterocycles. The Morgan fingerprint density at radius 3 is 2.71 bits per heavy atom. The molecule has 1 aromatic heterocycles. The molecule has 1 aromatic rings. The lowest BCUT2D eigenvalue weighted by molar-refractivity contribution is -0.389. The van der Waals surface area contributed by atoms with Crippen LogP contribution in [0, 0.1) is 10.1 Å². The second-order valence-electron chi connectivity index (χ2n) is 4.53. The molecule has 0 aromatic carbocycles. The Kier molecular flexibility index (Phi) is 3.82. The number of carbonyl (C=O) groups is 1. The van der Waals surface area contributed by atoms with Gasteiger partial charge in [-0.2, -0.15) is 4.68 Å². The van der Waals surface area contributed by atoms with Gasteiger partial charge in [0.1, 0.15) is 5.60 Å².